The van der Waals surface area contributed by atoms with Gasteiger partial charge in [0.2, 0.25) is 0 Å². The van der Waals surface area contributed by atoms with Gasteiger partial charge in [-0.05, 0) is 6.42 Å². The minimum atomic E-state index is 0.392. The average molecular weight is 185 g/mol. The van der Waals surface area contributed by atoms with Gasteiger partial charge in [-0.1, -0.05) is 13.3 Å². The Morgan fingerprint density at radius 1 is 1.67 bits per heavy atom. The van der Waals surface area contributed by atoms with Gasteiger partial charge in [0.25, 0.3) is 0 Å². The lowest BCUT2D eigenvalue weighted by Crippen LogP contribution is -2.12. The molecular formula is C8H15N3S. The van der Waals surface area contributed by atoms with Crippen LogP contribution in [0.25, 0.3) is 0 Å². The molecule has 1 atom stereocenters. The molecule has 0 saturated heterocycles. The molecule has 0 bridgehead atoms. The summed E-state index contributed by atoms with van der Waals surface area (Å²) in [6.45, 7) is 2.81. The van der Waals surface area contributed by atoms with E-state index in [-0.39, 0.29) is 0 Å². The summed E-state index contributed by atoms with van der Waals surface area (Å²) in [6, 6.07) is 0. The Morgan fingerprint density at radius 3 is 2.83 bits per heavy atom. The first-order chi connectivity index (χ1) is 5.77. The van der Waals surface area contributed by atoms with Crippen molar-refractivity contribution in [1.29, 1.82) is 0 Å². The van der Waals surface area contributed by atoms with E-state index in [1.165, 1.54) is 11.3 Å². The number of anilines is 1. The fourth-order valence-corrected chi connectivity index (χ4v) is 1.87. The van der Waals surface area contributed by atoms with Crippen molar-refractivity contribution in [3.8, 4) is 0 Å². The number of rotatable bonds is 4. The predicted molar refractivity (Wildman–Crippen MR) is 53.2 cm³/mol. The summed E-state index contributed by atoms with van der Waals surface area (Å²) in [4.78, 5) is 4.22. The highest BCUT2D eigenvalue weighted by molar-refractivity contribution is 7.13. The summed E-state index contributed by atoms with van der Waals surface area (Å²) < 4.78 is 0. The molecule has 0 aliphatic rings. The Bertz CT molecular complexity index is 234. The van der Waals surface area contributed by atoms with Crippen LogP contribution in [-0.2, 0) is 0 Å². The fraction of sp³-hybridized carbons (Fsp3) is 0.625. The minimum absolute atomic E-state index is 0.392. The third kappa shape index (κ3) is 2.19. The number of nitrogens with zero attached hydrogens (tertiary/aromatic N) is 1. The molecule has 1 aromatic rings. The fourth-order valence-electron chi connectivity index (χ4n) is 1.22. The molecule has 1 rings (SSSR count). The lowest BCUT2D eigenvalue weighted by molar-refractivity contribution is 0.610. The first-order valence-electron chi connectivity index (χ1n) is 4.18. The van der Waals surface area contributed by atoms with E-state index in [1.54, 1.807) is 0 Å². The van der Waals surface area contributed by atoms with Gasteiger partial charge in [-0.2, -0.15) is 0 Å². The highest BCUT2D eigenvalue weighted by Gasteiger charge is 2.11. The maximum Gasteiger partial charge on any atom is 0.180 e. The number of nitrogen functional groups attached to an aromatic ring is 1. The number of nitrogens with two attached hydrogens (primary N) is 2. The van der Waals surface area contributed by atoms with E-state index in [2.05, 4.69) is 11.9 Å². The zero-order valence-corrected chi connectivity index (χ0v) is 8.10. The Labute approximate surface area is 76.8 Å². The number of aromatic nitrogens is 1. The zero-order chi connectivity index (χ0) is 8.97. The molecule has 0 spiro atoms. The van der Waals surface area contributed by atoms with Crippen LogP contribution in [0.3, 0.4) is 0 Å². The van der Waals surface area contributed by atoms with E-state index >= 15 is 0 Å². The maximum absolute atomic E-state index is 5.62. The Morgan fingerprint density at radius 2 is 2.42 bits per heavy atom. The summed E-state index contributed by atoms with van der Waals surface area (Å²) in [6.07, 6.45) is 2.24. The Balaban J connectivity index is 2.66. The molecule has 0 amide bonds. The van der Waals surface area contributed by atoms with Crippen LogP contribution in [0.5, 0.6) is 0 Å². The van der Waals surface area contributed by atoms with E-state index in [9.17, 15) is 0 Å². The molecular weight excluding hydrogens is 170 g/mol. The second-order valence-electron chi connectivity index (χ2n) is 2.83. The standard InChI is InChI=1S/C8H15N3S/c1-2-3-6(4-9)7-5-12-8(10)11-7/h5-6H,2-4,9H2,1H3,(H2,10,11). The Kier molecular flexibility index (Phi) is 3.49. The number of thiazole rings is 1. The SMILES string of the molecule is CCCC(CN)c1csc(N)n1. The van der Waals surface area contributed by atoms with Crippen molar-refractivity contribution < 1.29 is 0 Å². The van der Waals surface area contributed by atoms with Crippen molar-refractivity contribution in [2.24, 2.45) is 5.73 Å². The Hall–Kier alpha value is -0.610. The second-order valence-corrected chi connectivity index (χ2v) is 3.72. The van der Waals surface area contributed by atoms with E-state index < -0.39 is 0 Å². The second kappa shape index (κ2) is 4.42. The highest BCUT2D eigenvalue weighted by atomic mass is 32.1. The van der Waals surface area contributed by atoms with E-state index in [4.69, 9.17) is 11.5 Å². The molecule has 0 radical (unpaired) electrons. The minimum Gasteiger partial charge on any atom is -0.375 e. The zero-order valence-electron chi connectivity index (χ0n) is 7.29. The van der Waals surface area contributed by atoms with E-state index in [0.29, 0.717) is 17.6 Å². The third-order valence-corrected chi connectivity index (χ3v) is 2.57. The van der Waals surface area contributed by atoms with Crippen molar-refractivity contribution in [1.82, 2.24) is 4.98 Å². The summed E-state index contributed by atoms with van der Waals surface area (Å²) in [5, 5.41) is 2.64. The van der Waals surface area contributed by atoms with Crippen molar-refractivity contribution in [3.63, 3.8) is 0 Å². The van der Waals surface area contributed by atoms with E-state index in [0.717, 1.165) is 18.5 Å². The molecule has 68 valence electrons. The quantitative estimate of drug-likeness (QED) is 0.748. The van der Waals surface area contributed by atoms with Crippen LogP contribution >= 0.6 is 11.3 Å². The van der Waals surface area contributed by atoms with Gasteiger partial charge in [0.1, 0.15) is 0 Å². The summed E-state index contributed by atoms with van der Waals surface area (Å²) >= 11 is 1.49. The molecule has 12 heavy (non-hydrogen) atoms. The molecule has 1 aromatic heterocycles. The smallest absolute Gasteiger partial charge is 0.180 e. The molecule has 1 heterocycles. The monoisotopic (exact) mass is 185 g/mol. The normalized spacial score (nSPS) is 13.2. The third-order valence-electron chi connectivity index (χ3n) is 1.88. The van der Waals surface area contributed by atoms with Gasteiger partial charge in [0.15, 0.2) is 5.13 Å². The molecule has 1 unspecified atom stereocenters. The van der Waals surface area contributed by atoms with E-state index in [1.807, 2.05) is 5.38 Å². The lowest BCUT2D eigenvalue weighted by atomic mass is 10.0. The van der Waals surface area contributed by atoms with Crippen molar-refractivity contribution in [2.45, 2.75) is 25.7 Å². The molecule has 0 fully saturated rings. The summed E-state index contributed by atoms with van der Waals surface area (Å²) in [7, 11) is 0. The molecule has 0 aliphatic carbocycles. The molecule has 4 N–H and O–H groups in total. The van der Waals surface area contributed by atoms with Gasteiger partial charge in [-0.15, -0.1) is 11.3 Å². The number of hydrogen-bond donors (Lipinski definition) is 2. The van der Waals surface area contributed by atoms with Crippen LogP contribution in [0.1, 0.15) is 31.4 Å². The lowest BCUT2D eigenvalue weighted by Gasteiger charge is -2.09. The first kappa shape index (κ1) is 9.48. The van der Waals surface area contributed by atoms with Gasteiger partial charge in [-0.25, -0.2) is 4.98 Å². The van der Waals surface area contributed by atoms with Crippen molar-refractivity contribution in [2.75, 3.05) is 12.3 Å². The highest BCUT2D eigenvalue weighted by Crippen LogP contribution is 2.22. The van der Waals surface area contributed by atoms with Crippen LogP contribution in [-0.4, -0.2) is 11.5 Å². The molecule has 0 aliphatic heterocycles. The van der Waals surface area contributed by atoms with Crippen LogP contribution in [0.4, 0.5) is 5.13 Å². The van der Waals surface area contributed by atoms with Crippen LogP contribution < -0.4 is 11.5 Å². The largest absolute Gasteiger partial charge is 0.375 e. The molecule has 0 aromatic carbocycles. The van der Waals surface area contributed by atoms with Crippen LogP contribution in [0, 0.1) is 0 Å². The summed E-state index contributed by atoms with van der Waals surface area (Å²) in [5.74, 6) is 0.392. The van der Waals surface area contributed by atoms with Gasteiger partial charge in [0.05, 0.1) is 5.69 Å². The van der Waals surface area contributed by atoms with Crippen molar-refractivity contribution >= 4 is 16.5 Å². The van der Waals surface area contributed by atoms with Gasteiger partial charge in [-0.3, -0.25) is 0 Å². The van der Waals surface area contributed by atoms with Crippen molar-refractivity contribution in [3.05, 3.63) is 11.1 Å². The van der Waals surface area contributed by atoms with Crippen LogP contribution in [0.15, 0.2) is 5.38 Å². The molecule has 4 heteroatoms. The van der Waals surface area contributed by atoms with Crippen LogP contribution in [0.2, 0.25) is 0 Å². The van der Waals surface area contributed by atoms with Gasteiger partial charge >= 0.3 is 0 Å². The van der Waals surface area contributed by atoms with Gasteiger partial charge in [0, 0.05) is 17.8 Å². The maximum atomic E-state index is 5.62. The number of hydrogen-bond acceptors (Lipinski definition) is 4. The molecule has 3 nitrogen and oxygen atoms in total. The predicted octanol–water partition coefficient (Wildman–Crippen LogP) is 1.57. The topological polar surface area (TPSA) is 64.9 Å². The van der Waals surface area contributed by atoms with Gasteiger partial charge < -0.3 is 11.5 Å². The average Bonchev–Trinajstić information content (AvgIpc) is 2.47. The molecule has 0 saturated carbocycles. The summed E-state index contributed by atoms with van der Waals surface area (Å²) in [5.41, 5.74) is 12.2. The first-order valence-corrected chi connectivity index (χ1v) is 5.06.